The molecule has 4 aliphatic rings. The maximum atomic E-state index is 7.50. The topological polar surface area (TPSA) is 36.7 Å². The summed E-state index contributed by atoms with van der Waals surface area (Å²) in [7, 11) is -0.0813. The highest BCUT2D eigenvalue weighted by Crippen LogP contribution is 2.51. The van der Waals surface area contributed by atoms with Crippen LogP contribution in [0.15, 0.2) is 115 Å². The van der Waals surface area contributed by atoms with Crippen LogP contribution in [-0.2, 0) is 22.2 Å². The lowest BCUT2D eigenvalue weighted by Crippen LogP contribution is -2.60. The summed E-state index contributed by atoms with van der Waals surface area (Å²) in [6, 6.07) is 41.2. The number of hydrogen-bond donors (Lipinski definition) is 0. The SMILES string of the molecule is C.C.C.C.C.Cc1cc2c(c(COCP(c3ccccc3)(c3ccccc3)=[N+](C)c3ccccc3)c1)OC13Oc4c(cc(C(C)(C)C)cc4C(C)(C)C)C=[N+]1C1CCCCC1[N+]3=C2. The van der Waals surface area contributed by atoms with Crippen LogP contribution < -0.4 is 20.1 Å². The Morgan fingerprint density at radius 2 is 1.14 bits per heavy atom. The largest absolute Gasteiger partial charge is 0.704 e. The average molecular weight is 873 g/mol. The van der Waals surface area contributed by atoms with Crippen LogP contribution in [0, 0.1) is 6.92 Å². The van der Waals surface area contributed by atoms with E-state index in [1.807, 2.05) is 0 Å². The standard InChI is InChI=1S/C51H59N3O3P.5CH4/c1-36-28-37-32-53-45-26-18-19-27-46(45)54-33-38-30-40(49(2,3)4)31-44(50(5,6)7)48(38)57-51(53,54)56-47(37)39(29-36)34-55-35-58(42-22-14-10-15-23-42,43-24-16-11-17-25-43)52(8)41-20-12-9-13-21-41;;;;;/h9-17,20-25,28-33,45-46H,18-19,26-27,34-35H2,1-8H3;5*1H4/q+3;;;;;. The van der Waals surface area contributed by atoms with Gasteiger partial charge in [-0.25, -0.2) is 4.33 Å². The average Bonchev–Trinajstić information content (AvgIpc) is 3.49. The molecule has 3 atom stereocenters. The minimum atomic E-state index is -2.31. The molecule has 2 fully saturated rings. The highest BCUT2D eigenvalue weighted by molar-refractivity contribution is 7.78. The third kappa shape index (κ3) is 8.75. The van der Waals surface area contributed by atoms with Crippen LogP contribution >= 0.6 is 7.05 Å². The number of rotatable bonds is 7. The molecule has 1 spiro atoms. The lowest BCUT2D eigenvalue weighted by atomic mass is 9.79. The first kappa shape index (κ1) is 50.9. The van der Waals surface area contributed by atoms with Gasteiger partial charge >= 0.3 is 6.03 Å². The third-order valence-electron chi connectivity index (χ3n) is 12.8. The summed E-state index contributed by atoms with van der Waals surface area (Å²) in [4.78, 5) is 0. The summed E-state index contributed by atoms with van der Waals surface area (Å²) in [5.74, 6) is 1.76. The van der Waals surface area contributed by atoms with E-state index in [9.17, 15) is 0 Å². The van der Waals surface area contributed by atoms with Crippen molar-refractivity contribution in [1.29, 1.82) is 0 Å². The van der Waals surface area contributed by atoms with Crippen LogP contribution in [-0.4, -0.2) is 57.4 Å². The van der Waals surface area contributed by atoms with Gasteiger partial charge in [-0.1, -0.05) is 148 Å². The Morgan fingerprint density at radius 1 is 0.651 bits per heavy atom. The fourth-order valence-electron chi connectivity index (χ4n) is 9.71. The number of hydrogen-bond acceptors (Lipinski definition) is 3. The van der Waals surface area contributed by atoms with Gasteiger partial charge in [0.15, 0.2) is 31.0 Å². The number of para-hydroxylation sites is 1. The first-order chi connectivity index (χ1) is 27.8. The van der Waals surface area contributed by atoms with Crippen molar-refractivity contribution in [2.75, 3.05) is 13.4 Å². The van der Waals surface area contributed by atoms with E-state index in [1.165, 1.54) is 40.1 Å². The molecule has 1 aliphatic carbocycles. The Bertz CT molecular complexity index is 2450. The van der Waals surface area contributed by atoms with E-state index in [4.69, 9.17) is 14.2 Å². The normalized spacial score (nSPS) is 19.2. The molecule has 7 heteroatoms. The van der Waals surface area contributed by atoms with Gasteiger partial charge in [-0.3, -0.25) is 0 Å². The van der Waals surface area contributed by atoms with E-state index in [0.29, 0.717) is 13.0 Å². The molecule has 6 nitrogen and oxygen atoms in total. The van der Waals surface area contributed by atoms with E-state index in [1.54, 1.807) is 0 Å². The quantitative estimate of drug-likeness (QED) is 0.121. The number of benzene rings is 5. The van der Waals surface area contributed by atoms with Crippen LogP contribution in [0.1, 0.15) is 138 Å². The summed E-state index contributed by atoms with van der Waals surface area (Å²) in [5.41, 5.74) is 7.99. The van der Waals surface area contributed by atoms with Crippen molar-refractivity contribution in [3.05, 3.63) is 149 Å². The van der Waals surface area contributed by atoms with Gasteiger partial charge in [0.2, 0.25) is 17.8 Å². The van der Waals surface area contributed by atoms with Gasteiger partial charge in [-0.2, -0.15) is 0 Å². The van der Waals surface area contributed by atoms with E-state index in [0.717, 1.165) is 46.7 Å². The Balaban J connectivity index is 0.00000174. The monoisotopic (exact) mass is 873 g/mol. The van der Waals surface area contributed by atoms with Crippen LogP contribution in [0.4, 0.5) is 5.69 Å². The summed E-state index contributed by atoms with van der Waals surface area (Å²) < 4.78 is 29.4. The van der Waals surface area contributed by atoms with Gasteiger partial charge in [0, 0.05) is 46.7 Å². The molecule has 0 N–H and O–H groups in total. The fraction of sp³-hybridized carbons (Fsp3) is 0.429. The maximum absolute atomic E-state index is 7.50. The lowest BCUT2D eigenvalue weighted by molar-refractivity contribution is -0.866. The molecule has 0 aromatic heterocycles. The lowest BCUT2D eigenvalue weighted by Gasteiger charge is -2.33. The highest BCUT2D eigenvalue weighted by Gasteiger charge is 2.76. The predicted molar refractivity (Wildman–Crippen MR) is 271 cm³/mol. The van der Waals surface area contributed by atoms with Gasteiger partial charge in [0.05, 0.1) is 17.7 Å². The molecule has 338 valence electrons. The van der Waals surface area contributed by atoms with Gasteiger partial charge in [-0.15, -0.1) is 0 Å². The maximum Gasteiger partial charge on any atom is 0.704 e. The summed E-state index contributed by atoms with van der Waals surface area (Å²) in [6.45, 7) is 16.3. The summed E-state index contributed by atoms with van der Waals surface area (Å²) >= 11 is 0. The Hall–Kier alpha value is -4.77. The van der Waals surface area contributed by atoms with Crippen LogP contribution in [0.2, 0.25) is 0 Å². The minimum absolute atomic E-state index is 0. The Labute approximate surface area is 382 Å². The second-order valence-corrected chi connectivity index (χ2v) is 22.2. The number of fused-ring (bicyclic) bond motifs is 5. The minimum Gasteiger partial charge on any atom is -0.366 e. The molecule has 1 saturated carbocycles. The molecule has 0 amide bonds. The first-order valence-corrected chi connectivity index (χ1v) is 23.1. The molecule has 5 aromatic rings. The zero-order chi connectivity index (χ0) is 40.5. The first-order valence-electron chi connectivity index (χ1n) is 21.1. The van der Waals surface area contributed by atoms with Crippen LogP contribution in [0.25, 0.3) is 0 Å². The smallest absolute Gasteiger partial charge is 0.366 e. The van der Waals surface area contributed by atoms with E-state index in [-0.39, 0.29) is 60.0 Å². The van der Waals surface area contributed by atoms with E-state index >= 15 is 0 Å². The van der Waals surface area contributed by atoms with E-state index < -0.39 is 13.1 Å². The van der Waals surface area contributed by atoms with Crippen molar-refractivity contribution in [1.82, 2.24) is 0 Å². The molecule has 3 aliphatic heterocycles. The molecular weight excluding hydrogens is 794 g/mol. The zero-order valence-electron chi connectivity index (χ0n) is 35.5. The summed E-state index contributed by atoms with van der Waals surface area (Å²) in [5, 5.41) is 2.55. The Morgan fingerprint density at radius 3 is 1.65 bits per heavy atom. The fourth-order valence-corrected chi connectivity index (χ4v) is 13.4. The van der Waals surface area contributed by atoms with Crippen LogP contribution in [0.5, 0.6) is 11.5 Å². The van der Waals surface area contributed by atoms with E-state index in [2.05, 4.69) is 197 Å². The molecule has 5 aromatic carbocycles. The highest BCUT2D eigenvalue weighted by atomic mass is 31.2. The predicted octanol–water partition coefficient (Wildman–Crippen LogP) is 13.4. The van der Waals surface area contributed by atoms with Crippen molar-refractivity contribution < 1.29 is 27.7 Å². The van der Waals surface area contributed by atoms with Crippen molar-refractivity contribution in [3.63, 3.8) is 0 Å². The van der Waals surface area contributed by atoms with Crippen LogP contribution in [0.3, 0.4) is 0 Å². The van der Waals surface area contributed by atoms with Gasteiger partial charge in [0.25, 0.3) is 0 Å². The Kier molecular flexibility index (Phi) is 15.5. The second-order valence-electron chi connectivity index (χ2n) is 18.8. The van der Waals surface area contributed by atoms with Crippen molar-refractivity contribution in [3.8, 4) is 11.5 Å². The van der Waals surface area contributed by atoms with Crippen molar-refractivity contribution in [2.45, 2.75) is 147 Å². The van der Waals surface area contributed by atoms with Gasteiger partial charge in [-0.05, 0) is 84.2 Å². The van der Waals surface area contributed by atoms with Crippen molar-refractivity contribution in [2.24, 2.45) is 0 Å². The molecule has 0 radical (unpaired) electrons. The molecule has 1 saturated heterocycles. The van der Waals surface area contributed by atoms with Crippen molar-refractivity contribution >= 4 is 35.8 Å². The van der Waals surface area contributed by atoms with Gasteiger partial charge < -0.3 is 14.2 Å². The molecular formula is C56H79N3O3P+3. The number of ether oxygens (including phenoxy) is 3. The number of nitrogens with zero attached hydrogens (tertiary/aromatic N) is 3. The number of aryl methyl sites for hydroxylation is 1. The summed E-state index contributed by atoms with van der Waals surface area (Å²) in [6.07, 6.45) is 9.84. The molecule has 9 rings (SSSR count). The van der Waals surface area contributed by atoms with Gasteiger partial charge in [0.1, 0.15) is 13.4 Å². The molecule has 3 unspecified atom stereocenters. The molecule has 0 bridgehead atoms. The third-order valence-corrected chi connectivity index (χ3v) is 16.9. The molecule has 63 heavy (non-hydrogen) atoms. The second kappa shape index (κ2) is 19.1. The zero-order valence-corrected chi connectivity index (χ0v) is 36.4. The molecule has 3 heterocycles.